The maximum Gasteiger partial charge on any atom is 0.202 e. The van der Waals surface area contributed by atoms with E-state index >= 15 is 0 Å². The molecule has 0 atom stereocenters. The summed E-state index contributed by atoms with van der Waals surface area (Å²) in [6.45, 7) is 3.92. The van der Waals surface area contributed by atoms with Crippen molar-refractivity contribution in [2.45, 2.75) is 26.3 Å². The van der Waals surface area contributed by atoms with Crippen LogP contribution in [0.1, 0.15) is 19.2 Å². The summed E-state index contributed by atoms with van der Waals surface area (Å²) in [5.41, 5.74) is 0. The Bertz CT molecular complexity index is 405. The predicted octanol–water partition coefficient (Wildman–Crippen LogP) is 1.07. The average Bonchev–Trinajstić information content (AvgIpc) is 2.95. The van der Waals surface area contributed by atoms with Crippen molar-refractivity contribution in [2.24, 2.45) is 0 Å². The highest BCUT2D eigenvalue weighted by Crippen LogP contribution is 2.04. The summed E-state index contributed by atoms with van der Waals surface area (Å²) in [5.74, 6) is 1.86. The number of aryl methyl sites for hydroxylation is 2. The van der Waals surface area contributed by atoms with Crippen LogP contribution in [0.2, 0.25) is 0 Å². The maximum absolute atomic E-state index is 4.24. The van der Waals surface area contributed by atoms with Crippen LogP contribution in [0.5, 0.6) is 0 Å². The number of hydrogen-bond acceptors (Lipinski definition) is 4. The van der Waals surface area contributed by atoms with Crippen molar-refractivity contribution in [3.8, 4) is 0 Å². The van der Waals surface area contributed by atoms with Crippen molar-refractivity contribution in [3.05, 3.63) is 24.5 Å². The lowest BCUT2D eigenvalue weighted by molar-refractivity contribution is 0.748. The first-order valence-electron chi connectivity index (χ1n) is 5.49. The van der Waals surface area contributed by atoms with E-state index in [4.69, 9.17) is 0 Å². The monoisotopic (exact) mass is 220 g/mol. The summed E-state index contributed by atoms with van der Waals surface area (Å²) in [4.78, 5) is 8.31. The van der Waals surface area contributed by atoms with Crippen LogP contribution in [-0.4, -0.2) is 31.3 Å². The maximum atomic E-state index is 4.24. The van der Waals surface area contributed by atoms with Gasteiger partial charge in [-0.2, -0.15) is 5.10 Å². The third-order valence-electron chi connectivity index (χ3n) is 2.39. The van der Waals surface area contributed by atoms with E-state index in [0.29, 0.717) is 0 Å². The molecule has 0 radical (unpaired) electrons. The zero-order chi connectivity index (χ0) is 11.2. The second kappa shape index (κ2) is 5.29. The number of hydrogen-bond donors (Lipinski definition) is 2. The molecule has 0 bridgehead atoms. The average molecular weight is 220 g/mol. The Morgan fingerprint density at radius 2 is 2.38 bits per heavy atom. The molecule has 16 heavy (non-hydrogen) atoms. The van der Waals surface area contributed by atoms with Crippen molar-refractivity contribution < 1.29 is 0 Å². The van der Waals surface area contributed by atoms with E-state index in [1.165, 1.54) is 6.33 Å². The number of anilines is 1. The van der Waals surface area contributed by atoms with Gasteiger partial charge in [0.05, 0.1) is 0 Å². The molecular weight excluding hydrogens is 204 g/mol. The van der Waals surface area contributed by atoms with E-state index in [-0.39, 0.29) is 0 Å². The molecule has 2 aromatic rings. The van der Waals surface area contributed by atoms with Gasteiger partial charge in [-0.05, 0) is 13.3 Å². The Morgan fingerprint density at radius 1 is 1.44 bits per heavy atom. The van der Waals surface area contributed by atoms with Gasteiger partial charge in [0.1, 0.15) is 12.2 Å². The van der Waals surface area contributed by atoms with Crippen molar-refractivity contribution in [2.75, 3.05) is 11.9 Å². The predicted molar refractivity (Wildman–Crippen MR) is 61.1 cm³/mol. The smallest absolute Gasteiger partial charge is 0.202 e. The number of imidazole rings is 1. The first-order valence-corrected chi connectivity index (χ1v) is 5.49. The van der Waals surface area contributed by atoms with Gasteiger partial charge in [-0.1, -0.05) is 0 Å². The van der Waals surface area contributed by atoms with E-state index in [2.05, 4.69) is 37.0 Å². The molecule has 86 valence electrons. The minimum atomic E-state index is 0.887. The summed E-state index contributed by atoms with van der Waals surface area (Å²) < 4.78 is 2.08. The molecule has 0 fully saturated rings. The standard InChI is InChI=1S/C10H16N6/c1-2-16-7-6-12-10(16)11-5-3-4-9-13-8-14-15-9/h6-8H,2-5H2,1H3,(H,11,12)(H,13,14,15). The van der Waals surface area contributed by atoms with Crippen LogP contribution in [0.4, 0.5) is 5.95 Å². The van der Waals surface area contributed by atoms with Crippen LogP contribution in [0.15, 0.2) is 18.7 Å². The fraction of sp³-hybridized carbons (Fsp3) is 0.500. The Morgan fingerprint density at radius 3 is 3.12 bits per heavy atom. The number of nitrogens with one attached hydrogen (secondary N) is 2. The fourth-order valence-electron chi connectivity index (χ4n) is 1.54. The van der Waals surface area contributed by atoms with Crippen LogP contribution in [0.25, 0.3) is 0 Å². The summed E-state index contributed by atoms with van der Waals surface area (Å²) in [6.07, 6.45) is 7.22. The zero-order valence-corrected chi connectivity index (χ0v) is 9.35. The van der Waals surface area contributed by atoms with Crippen molar-refractivity contribution in [1.29, 1.82) is 0 Å². The SMILES string of the molecule is CCn1ccnc1NCCCc1ncn[nH]1. The number of aromatic nitrogens is 5. The highest BCUT2D eigenvalue weighted by Gasteiger charge is 2.00. The van der Waals surface area contributed by atoms with Gasteiger partial charge >= 0.3 is 0 Å². The van der Waals surface area contributed by atoms with E-state index in [1.54, 1.807) is 0 Å². The van der Waals surface area contributed by atoms with Gasteiger partial charge in [0.25, 0.3) is 0 Å². The van der Waals surface area contributed by atoms with E-state index in [1.807, 2.05) is 12.4 Å². The molecule has 2 N–H and O–H groups in total. The summed E-state index contributed by atoms with van der Waals surface area (Å²) in [7, 11) is 0. The summed E-state index contributed by atoms with van der Waals surface area (Å²) in [6, 6.07) is 0. The van der Waals surface area contributed by atoms with E-state index in [0.717, 1.165) is 37.7 Å². The summed E-state index contributed by atoms with van der Waals surface area (Å²) >= 11 is 0. The fourth-order valence-corrected chi connectivity index (χ4v) is 1.54. The molecule has 0 amide bonds. The van der Waals surface area contributed by atoms with Gasteiger partial charge in [0, 0.05) is 31.9 Å². The molecule has 0 aromatic carbocycles. The Labute approximate surface area is 94.1 Å². The number of nitrogens with zero attached hydrogens (tertiary/aromatic N) is 4. The lowest BCUT2D eigenvalue weighted by Gasteiger charge is -2.06. The highest BCUT2D eigenvalue weighted by molar-refractivity contribution is 5.25. The molecule has 0 saturated heterocycles. The molecule has 0 aliphatic carbocycles. The van der Waals surface area contributed by atoms with Gasteiger partial charge in [-0.3, -0.25) is 5.10 Å². The minimum absolute atomic E-state index is 0.887. The van der Waals surface area contributed by atoms with Crippen LogP contribution >= 0.6 is 0 Å². The molecule has 0 saturated carbocycles. The van der Waals surface area contributed by atoms with Crippen LogP contribution < -0.4 is 5.32 Å². The van der Waals surface area contributed by atoms with E-state index in [9.17, 15) is 0 Å². The molecular formula is C10H16N6. The number of aromatic amines is 1. The molecule has 6 heteroatoms. The lowest BCUT2D eigenvalue weighted by atomic mass is 10.3. The Balaban J connectivity index is 1.72. The molecule has 2 aromatic heterocycles. The van der Waals surface area contributed by atoms with Crippen LogP contribution in [0, 0.1) is 0 Å². The van der Waals surface area contributed by atoms with Crippen molar-refractivity contribution in [1.82, 2.24) is 24.7 Å². The minimum Gasteiger partial charge on any atom is -0.356 e. The topological polar surface area (TPSA) is 71.4 Å². The Hall–Kier alpha value is -1.85. The van der Waals surface area contributed by atoms with Gasteiger partial charge in [0.2, 0.25) is 5.95 Å². The molecule has 0 spiro atoms. The van der Waals surface area contributed by atoms with Crippen molar-refractivity contribution >= 4 is 5.95 Å². The van der Waals surface area contributed by atoms with Crippen LogP contribution in [-0.2, 0) is 13.0 Å². The van der Waals surface area contributed by atoms with Gasteiger partial charge in [-0.15, -0.1) is 0 Å². The molecule has 0 unspecified atom stereocenters. The van der Waals surface area contributed by atoms with Gasteiger partial charge in [0.15, 0.2) is 0 Å². The molecule has 2 heterocycles. The van der Waals surface area contributed by atoms with Gasteiger partial charge < -0.3 is 9.88 Å². The third-order valence-corrected chi connectivity index (χ3v) is 2.39. The normalized spacial score (nSPS) is 10.6. The van der Waals surface area contributed by atoms with Crippen molar-refractivity contribution in [3.63, 3.8) is 0 Å². The highest BCUT2D eigenvalue weighted by atomic mass is 15.2. The summed E-state index contributed by atoms with van der Waals surface area (Å²) in [5, 5.41) is 9.95. The third kappa shape index (κ3) is 2.59. The Kier molecular flexibility index (Phi) is 3.53. The largest absolute Gasteiger partial charge is 0.356 e. The molecule has 0 aliphatic heterocycles. The second-order valence-corrected chi connectivity index (χ2v) is 3.50. The first kappa shape index (κ1) is 10.7. The lowest BCUT2D eigenvalue weighted by Crippen LogP contribution is -2.09. The number of rotatable bonds is 6. The zero-order valence-electron chi connectivity index (χ0n) is 9.35. The molecule has 6 nitrogen and oxygen atoms in total. The molecule has 2 rings (SSSR count). The van der Waals surface area contributed by atoms with E-state index < -0.39 is 0 Å². The quantitative estimate of drug-likeness (QED) is 0.714. The number of H-pyrrole nitrogens is 1. The van der Waals surface area contributed by atoms with Gasteiger partial charge in [-0.25, -0.2) is 9.97 Å². The first-order chi connectivity index (χ1) is 7.90. The molecule has 0 aliphatic rings. The second-order valence-electron chi connectivity index (χ2n) is 3.50. The van der Waals surface area contributed by atoms with Crippen LogP contribution in [0.3, 0.4) is 0 Å².